The molecule has 0 bridgehead atoms. The SMILES string of the molecule is Cc1c(C(=O)OCC(=O)Nc2ccccc2C(=O)NC2CC2)cccc1[N+](=O)[O-]. The maximum absolute atomic E-state index is 12.3. The van der Waals surface area contributed by atoms with E-state index >= 15 is 0 Å². The molecule has 0 unspecified atom stereocenters. The van der Waals surface area contributed by atoms with Crippen LogP contribution >= 0.6 is 0 Å². The lowest BCUT2D eigenvalue weighted by Gasteiger charge is -2.12. The zero-order valence-electron chi connectivity index (χ0n) is 15.6. The maximum atomic E-state index is 12.3. The van der Waals surface area contributed by atoms with Crippen molar-refractivity contribution < 1.29 is 24.0 Å². The fraction of sp³-hybridized carbons (Fsp3) is 0.250. The van der Waals surface area contributed by atoms with E-state index in [4.69, 9.17) is 4.74 Å². The Labute approximate surface area is 166 Å². The lowest BCUT2D eigenvalue weighted by molar-refractivity contribution is -0.385. The number of nitro benzene ring substituents is 1. The maximum Gasteiger partial charge on any atom is 0.339 e. The summed E-state index contributed by atoms with van der Waals surface area (Å²) in [7, 11) is 0. The molecule has 0 spiro atoms. The Kier molecular flexibility index (Phi) is 5.87. The second-order valence-electron chi connectivity index (χ2n) is 6.62. The first-order valence-corrected chi connectivity index (χ1v) is 8.97. The Morgan fingerprint density at radius 1 is 1.10 bits per heavy atom. The molecule has 150 valence electrons. The first-order valence-electron chi connectivity index (χ1n) is 8.97. The third kappa shape index (κ3) is 4.95. The molecule has 0 aromatic heterocycles. The molecule has 9 heteroatoms. The highest BCUT2D eigenvalue weighted by Crippen LogP contribution is 2.23. The second kappa shape index (κ2) is 8.51. The smallest absolute Gasteiger partial charge is 0.339 e. The molecule has 2 aromatic carbocycles. The Morgan fingerprint density at radius 2 is 1.79 bits per heavy atom. The van der Waals surface area contributed by atoms with Crippen LogP contribution in [0.2, 0.25) is 0 Å². The average molecular weight is 397 g/mol. The average Bonchev–Trinajstić information content (AvgIpc) is 3.50. The molecule has 29 heavy (non-hydrogen) atoms. The van der Waals surface area contributed by atoms with Crippen molar-refractivity contribution in [2.75, 3.05) is 11.9 Å². The van der Waals surface area contributed by atoms with Crippen molar-refractivity contribution in [2.24, 2.45) is 0 Å². The van der Waals surface area contributed by atoms with Crippen molar-refractivity contribution in [2.45, 2.75) is 25.8 Å². The van der Waals surface area contributed by atoms with Gasteiger partial charge in [0, 0.05) is 17.7 Å². The summed E-state index contributed by atoms with van der Waals surface area (Å²) in [6.07, 6.45) is 1.88. The van der Waals surface area contributed by atoms with E-state index in [9.17, 15) is 24.5 Å². The van der Waals surface area contributed by atoms with Gasteiger partial charge in [-0.1, -0.05) is 18.2 Å². The lowest BCUT2D eigenvalue weighted by atomic mass is 10.1. The molecule has 1 aliphatic rings. The number of carbonyl (C=O) groups excluding carboxylic acids is 3. The van der Waals surface area contributed by atoms with Crippen LogP contribution in [0.1, 0.15) is 39.1 Å². The van der Waals surface area contributed by atoms with Crippen molar-refractivity contribution in [3.63, 3.8) is 0 Å². The number of rotatable bonds is 7. The van der Waals surface area contributed by atoms with E-state index in [-0.39, 0.29) is 28.8 Å². The topological polar surface area (TPSA) is 128 Å². The van der Waals surface area contributed by atoms with Gasteiger partial charge in [0.05, 0.1) is 21.7 Å². The van der Waals surface area contributed by atoms with Gasteiger partial charge < -0.3 is 15.4 Å². The molecule has 3 rings (SSSR count). The summed E-state index contributed by atoms with van der Waals surface area (Å²) in [4.78, 5) is 47.1. The van der Waals surface area contributed by atoms with Gasteiger partial charge in [-0.15, -0.1) is 0 Å². The van der Waals surface area contributed by atoms with Gasteiger partial charge in [0.15, 0.2) is 6.61 Å². The largest absolute Gasteiger partial charge is 0.452 e. The number of nitro groups is 1. The minimum atomic E-state index is -0.846. The van der Waals surface area contributed by atoms with E-state index in [1.807, 2.05) is 0 Å². The van der Waals surface area contributed by atoms with Crippen molar-refractivity contribution in [3.8, 4) is 0 Å². The third-order valence-corrected chi connectivity index (χ3v) is 4.41. The van der Waals surface area contributed by atoms with Crippen molar-refractivity contribution in [1.82, 2.24) is 5.32 Å². The van der Waals surface area contributed by atoms with Crippen molar-refractivity contribution in [3.05, 3.63) is 69.3 Å². The number of esters is 1. The molecule has 0 radical (unpaired) electrons. The summed E-state index contributed by atoms with van der Waals surface area (Å²) >= 11 is 0. The summed E-state index contributed by atoms with van der Waals surface area (Å²) in [6, 6.07) is 10.7. The fourth-order valence-electron chi connectivity index (χ4n) is 2.72. The number of para-hydroxylation sites is 1. The van der Waals surface area contributed by atoms with E-state index in [0.717, 1.165) is 12.8 Å². The molecule has 2 aromatic rings. The van der Waals surface area contributed by atoms with E-state index in [2.05, 4.69) is 10.6 Å². The van der Waals surface area contributed by atoms with Gasteiger partial charge in [-0.3, -0.25) is 19.7 Å². The highest BCUT2D eigenvalue weighted by Gasteiger charge is 2.25. The zero-order valence-corrected chi connectivity index (χ0v) is 15.6. The number of hydrogen-bond acceptors (Lipinski definition) is 6. The van der Waals surface area contributed by atoms with Crippen LogP contribution in [0.3, 0.4) is 0 Å². The molecular weight excluding hydrogens is 378 g/mol. The van der Waals surface area contributed by atoms with Gasteiger partial charge in [-0.2, -0.15) is 0 Å². The van der Waals surface area contributed by atoms with Crippen molar-refractivity contribution in [1.29, 1.82) is 0 Å². The third-order valence-electron chi connectivity index (χ3n) is 4.41. The Bertz CT molecular complexity index is 984. The van der Waals surface area contributed by atoms with E-state index < -0.39 is 23.4 Å². The summed E-state index contributed by atoms with van der Waals surface area (Å²) in [6.45, 7) is 0.836. The molecule has 2 N–H and O–H groups in total. The van der Waals surface area contributed by atoms with E-state index in [1.54, 1.807) is 24.3 Å². The molecule has 1 saturated carbocycles. The predicted molar refractivity (Wildman–Crippen MR) is 104 cm³/mol. The lowest BCUT2D eigenvalue weighted by Crippen LogP contribution is -2.28. The predicted octanol–water partition coefficient (Wildman–Crippen LogP) is 2.59. The minimum absolute atomic E-state index is 0.0104. The standard InChI is InChI=1S/C20H19N3O6/c1-12-14(6-4-8-17(12)23(27)28)20(26)29-11-18(24)22-16-7-3-2-5-15(16)19(25)21-13-9-10-13/h2-8,13H,9-11H2,1H3,(H,21,25)(H,22,24). The zero-order chi connectivity index (χ0) is 21.0. The van der Waals surface area contributed by atoms with Crippen LogP contribution in [-0.4, -0.2) is 35.4 Å². The molecule has 0 saturated heterocycles. The van der Waals surface area contributed by atoms with Gasteiger partial charge in [0.25, 0.3) is 17.5 Å². The molecule has 0 atom stereocenters. The highest BCUT2D eigenvalue weighted by molar-refractivity contribution is 6.04. The number of nitrogens with zero attached hydrogens (tertiary/aromatic N) is 1. The number of carbonyl (C=O) groups is 3. The van der Waals surface area contributed by atoms with Crippen LogP contribution in [0.15, 0.2) is 42.5 Å². The van der Waals surface area contributed by atoms with E-state index in [0.29, 0.717) is 11.3 Å². The number of benzene rings is 2. The van der Waals surface area contributed by atoms with Crippen LogP contribution in [0.25, 0.3) is 0 Å². The molecule has 9 nitrogen and oxygen atoms in total. The molecule has 2 amide bonds. The molecular formula is C20H19N3O6. The Balaban J connectivity index is 1.62. The summed E-state index contributed by atoms with van der Waals surface area (Å²) in [5.41, 5.74) is 0.576. The quantitative estimate of drug-likeness (QED) is 0.420. The Hall–Kier alpha value is -3.75. The van der Waals surface area contributed by atoms with Crippen LogP contribution in [-0.2, 0) is 9.53 Å². The minimum Gasteiger partial charge on any atom is -0.452 e. The van der Waals surface area contributed by atoms with Crippen LogP contribution in [0.5, 0.6) is 0 Å². The molecule has 1 fully saturated rings. The molecule has 0 aliphatic heterocycles. The van der Waals surface area contributed by atoms with Gasteiger partial charge in [-0.25, -0.2) is 4.79 Å². The first-order chi connectivity index (χ1) is 13.9. The van der Waals surface area contributed by atoms with E-state index in [1.165, 1.54) is 25.1 Å². The number of anilines is 1. The second-order valence-corrected chi connectivity index (χ2v) is 6.62. The van der Waals surface area contributed by atoms with Crippen LogP contribution < -0.4 is 10.6 Å². The number of ether oxygens (including phenoxy) is 1. The summed E-state index contributed by atoms with van der Waals surface area (Å²) in [5, 5.41) is 16.4. The van der Waals surface area contributed by atoms with Gasteiger partial charge in [0.1, 0.15) is 0 Å². The van der Waals surface area contributed by atoms with Crippen LogP contribution in [0, 0.1) is 17.0 Å². The number of hydrogen-bond donors (Lipinski definition) is 2. The van der Waals surface area contributed by atoms with Crippen LogP contribution in [0.4, 0.5) is 11.4 Å². The summed E-state index contributed by atoms with van der Waals surface area (Å²) < 4.78 is 4.98. The molecule has 0 heterocycles. The first kappa shape index (κ1) is 20.0. The highest BCUT2D eigenvalue weighted by atomic mass is 16.6. The van der Waals surface area contributed by atoms with Crippen molar-refractivity contribution >= 4 is 29.2 Å². The normalized spacial score (nSPS) is 12.7. The number of nitrogens with one attached hydrogen (secondary N) is 2. The monoisotopic (exact) mass is 397 g/mol. The molecule has 1 aliphatic carbocycles. The van der Waals surface area contributed by atoms with Gasteiger partial charge in [0.2, 0.25) is 0 Å². The Morgan fingerprint density at radius 3 is 2.48 bits per heavy atom. The van der Waals surface area contributed by atoms with Gasteiger partial charge >= 0.3 is 5.97 Å². The number of amides is 2. The summed E-state index contributed by atoms with van der Waals surface area (Å²) in [5.74, 6) is -1.76. The fourth-order valence-corrected chi connectivity index (χ4v) is 2.72. The van der Waals surface area contributed by atoms with Gasteiger partial charge in [-0.05, 0) is 38.0 Å².